The maximum atomic E-state index is 12.0. The summed E-state index contributed by atoms with van der Waals surface area (Å²) in [5.41, 5.74) is 0. The van der Waals surface area contributed by atoms with Gasteiger partial charge in [0.05, 0.1) is 7.11 Å². The zero-order valence-electron chi connectivity index (χ0n) is 17.2. The van der Waals surface area contributed by atoms with Gasteiger partial charge in [-0.05, 0) is 37.7 Å². The van der Waals surface area contributed by atoms with Crippen molar-refractivity contribution in [2.24, 2.45) is 11.8 Å². The minimum Gasteiger partial charge on any atom is -0.469 e. The Morgan fingerprint density at radius 2 is 1.82 bits per heavy atom. The Bertz CT molecular complexity index is 533. The van der Waals surface area contributed by atoms with Crippen molar-refractivity contribution < 1.29 is 24.4 Å². The maximum absolute atomic E-state index is 12.0. The molecule has 1 aliphatic rings. The van der Waals surface area contributed by atoms with E-state index >= 15 is 0 Å². The summed E-state index contributed by atoms with van der Waals surface area (Å²) in [7, 11) is 1.37. The average Bonchev–Trinajstić information content (AvgIpc) is 2.98. The topological polar surface area (TPSA) is 107 Å². The maximum Gasteiger partial charge on any atom is 0.305 e. The lowest BCUT2D eigenvalue weighted by Crippen LogP contribution is -2.34. The van der Waals surface area contributed by atoms with Crippen LogP contribution in [0.5, 0.6) is 0 Å². The zero-order chi connectivity index (χ0) is 20.9. The third-order valence-electron chi connectivity index (χ3n) is 5.59. The first-order valence-corrected chi connectivity index (χ1v) is 10.5. The van der Waals surface area contributed by atoms with Crippen LogP contribution in [0.3, 0.4) is 0 Å². The first kappa shape index (κ1) is 24.3. The molecule has 1 saturated carbocycles. The molecule has 0 aromatic heterocycles. The molecule has 2 unspecified atom stereocenters. The first-order chi connectivity index (χ1) is 13.4. The third-order valence-corrected chi connectivity index (χ3v) is 5.59. The van der Waals surface area contributed by atoms with Crippen LogP contribution in [-0.4, -0.2) is 41.0 Å². The number of rotatable bonds is 14. The number of aliphatic hydroxyl groups excluding tert-OH is 1. The number of allylic oxidation sites excluding steroid dienone is 2. The number of esters is 1. The van der Waals surface area contributed by atoms with Crippen molar-refractivity contribution in [1.82, 2.24) is 0 Å². The second-order valence-electron chi connectivity index (χ2n) is 7.72. The van der Waals surface area contributed by atoms with E-state index < -0.39 is 12.1 Å². The Morgan fingerprint density at radius 3 is 2.46 bits per heavy atom. The molecule has 0 saturated heterocycles. The molecule has 0 spiro atoms. The van der Waals surface area contributed by atoms with Gasteiger partial charge in [-0.2, -0.15) is 0 Å². The Balaban J connectivity index is 2.54. The lowest BCUT2D eigenvalue weighted by Gasteiger charge is -2.18. The smallest absolute Gasteiger partial charge is 0.305 e. The van der Waals surface area contributed by atoms with Crippen molar-refractivity contribution >= 4 is 11.8 Å². The minimum atomic E-state index is -0.972. The number of carbonyl (C=O) groups is 2. The second kappa shape index (κ2) is 13.4. The van der Waals surface area contributed by atoms with E-state index in [1.165, 1.54) is 7.11 Å². The Kier molecular flexibility index (Phi) is 11.6. The number of unbranched alkanes of at least 4 members (excludes halogenated alkanes) is 5. The highest BCUT2D eigenvalue weighted by atomic mass is 16.6. The van der Waals surface area contributed by atoms with Gasteiger partial charge in [-0.3, -0.25) is 19.7 Å². The lowest BCUT2D eigenvalue weighted by molar-refractivity contribution is -0.539. The van der Waals surface area contributed by atoms with Crippen LogP contribution in [0.2, 0.25) is 0 Å². The van der Waals surface area contributed by atoms with E-state index in [1.54, 1.807) is 12.2 Å². The van der Waals surface area contributed by atoms with E-state index in [4.69, 9.17) is 0 Å². The van der Waals surface area contributed by atoms with Crippen LogP contribution in [0.1, 0.15) is 77.6 Å². The predicted octanol–water partition coefficient (Wildman–Crippen LogP) is 3.85. The van der Waals surface area contributed by atoms with Crippen LogP contribution in [0, 0.1) is 22.0 Å². The van der Waals surface area contributed by atoms with Gasteiger partial charge >= 0.3 is 5.97 Å². The molecule has 1 fully saturated rings. The van der Waals surface area contributed by atoms with Gasteiger partial charge in [-0.1, -0.05) is 45.1 Å². The van der Waals surface area contributed by atoms with Crippen LogP contribution in [0.4, 0.5) is 0 Å². The third kappa shape index (κ3) is 8.50. The first-order valence-electron chi connectivity index (χ1n) is 10.5. The SMILES string of the molecule is CCCCCC(=O)/C=C/[C@H]1CC(O)C([N+](=O)[O-])[C@H]1CCCCCCC(=O)OC. The number of carbonyl (C=O) groups excluding carboxylic acids is 2. The zero-order valence-corrected chi connectivity index (χ0v) is 17.2. The molecule has 7 nitrogen and oxygen atoms in total. The van der Waals surface area contributed by atoms with Crippen molar-refractivity contribution in [1.29, 1.82) is 0 Å². The van der Waals surface area contributed by atoms with Crippen molar-refractivity contribution in [3.05, 3.63) is 22.3 Å². The number of nitrogens with zero attached hydrogens (tertiary/aromatic N) is 1. The number of ether oxygens (including phenoxy) is 1. The van der Waals surface area contributed by atoms with Crippen molar-refractivity contribution in [3.63, 3.8) is 0 Å². The average molecular weight is 398 g/mol. The molecule has 4 atom stereocenters. The van der Waals surface area contributed by atoms with Gasteiger partial charge < -0.3 is 9.84 Å². The molecule has 28 heavy (non-hydrogen) atoms. The number of hydrogen-bond donors (Lipinski definition) is 1. The monoisotopic (exact) mass is 397 g/mol. The van der Waals surface area contributed by atoms with Gasteiger partial charge in [0, 0.05) is 23.7 Å². The highest BCUT2D eigenvalue weighted by molar-refractivity contribution is 5.89. The summed E-state index contributed by atoms with van der Waals surface area (Å²) in [6.45, 7) is 2.08. The highest BCUT2D eigenvalue weighted by Gasteiger charge is 2.48. The summed E-state index contributed by atoms with van der Waals surface area (Å²) in [5.74, 6) is -0.573. The Hall–Kier alpha value is -1.76. The van der Waals surface area contributed by atoms with E-state index in [1.807, 2.05) is 0 Å². The quantitative estimate of drug-likeness (QED) is 0.157. The van der Waals surface area contributed by atoms with Crippen LogP contribution in [-0.2, 0) is 14.3 Å². The normalized spacial score (nSPS) is 24.5. The molecular formula is C21H35NO6. The highest BCUT2D eigenvalue weighted by Crippen LogP contribution is 2.38. The number of ketones is 1. The number of nitro groups is 1. The molecular weight excluding hydrogens is 362 g/mol. The fraction of sp³-hybridized carbons (Fsp3) is 0.810. The summed E-state index contributed by atoms with van der Waals surface area (Å²) < 4.78 is 4.60. The molecule has 0 aromatic carbocycles. The fourth-order valence-electron chi connectivity index (χ4n) is 4.00. The largest absolute Gasteiger partial charge is 0.469 e. The van der Waals surface area contributed by atoms with E-state index in [0.29, 0.717) is 25.7 Å². The number of aliphatic hydroxyl groups is 1. The van der Waals surface area contributed by atoms with E-state index in [0.717, 1.165) is 44.9 Å². The van der Waals surface area contributed by atoms with Gasteiger partial charge in [0.15, 0.2) is 5.78 Å². The summed E-state index contributed by atoms with van der Waals surface area (Å²) >= 11 is 0. The molecule has 7 heteroatoms. The second-order valence-corrected chi connectivity index (χ2v) is 7.72. The molecule has 0 amide bonds. The summed E-state index contributed by atoms with van der Waals surface area (Å²) in [6.07, 6.45) is 10.4. The Labute approximate surface area is 167 Å². The summed E-state index contributed by atoms with van der Waals surface area (Å²) in [4.78, 5) is 34.1. The molecule has 1 aliphatic carbocycles. The Morgan fingerprint density at radius 1 is 1.14 bits per heavy atom. The van der Waals surface area contributed by atoms with E-state index in [9.17, 15) is 24.8 Å². The van der Waals surface area contributed by atoms with Gasteiger partial charge in [0.25, 0.3) is 0 Å². The van der Waals surface area contributed by atoms with Gasteiger partial charge in [0.1, 0.15) is 6.10 Å². The van der Waals surface area contributed by atoms with Crippen LogP contribution >= 0.6 is 0 Å². The van der Waals surface area contributed by atoms with Crippen LogP contribution in [0.25, 0.3) is 0 Å². The molecule has 0 heterocycles. The van der Waals surface area contributed by atoms with Crippen LogP contribution in [0.15, 0.2) is 12.2 Å². The molecule has 0 bridgehead atoms. The van der Waals surface area contributed by atoms with Gasteiger partial charge in [-0.25, -0.2) is 0 Å². The molecule has 0 aromatic rings. The molecule has 1 N–H and O–H groups in total. The van der Waals surface area contributed by atoms with E-state index in [-0.39, 0.29) is 28.5 Å². The summed E-state index contributed by atoms with van der Waals surface area (Å²) in [5, 5.41) is 21.6. The molecule has 160 valence electrons. The molecule has 0 aliphatic heterocycles. The molecule has 1 rings (SSSR count). The van der Waals surface area contributed by atoms with Crippen LogP contribution < -0.4 is 0 Å². The predicted molar refractivity (Wildman–Crippen MR) is 106 cm³/mol. The molecule has 0 radical (unpaired) electrons. The van der Waals surface area contributed by atoms with Crippen molar-refractivity contribution in [3.8, 4) is 0 Å². The van der Waals surface area contributed by atoms with Gasteiger partial charge in [0.2, 0.25) is 6.04 Å². The standard InChI is InChI=1S/C21H35NO6/c1-3-4-7-10-17(23)14-13-16-15-19(24)21(22(26)27)18(16)11-8-5-6-9-12-20(25)28-2/h13-14,16,18-19,21,24H,3-12,15H2,1-2H3/b14-13+/t16-,18-,19?,21?/m0/s1. The fourth-order valence-corrected chi connectivity index (χ4v) is 4.00. The minimum absolute atomic E-state index is 0.0500. The number of hydrogen-bond acceptors (Lipinski definition) is 6. The van der Waals surface area contributed by atoms with Crippen molar-refractivity contribution in [2.75, 3.05) is 7.11 Å². The van der Waals surface area contributed by atoms with E-state index in [2.05, 4.69) is 11.7 Å². The van der Waals surface area contributed by atoms with Crippen molar-refractivity contribution in [2.45, 2.75) is 89.7 Å². The lowest BCUT2D eigenvalue weighted by atomic mass is 9.87. The van der Waals surface area contributed by atoms with Gasteiger partial charge in [-0.15, -0.1) is 0 Å². The summed E-state index contributed by atoms with van der Waals surface area (Å²) in [6, 6.07) is -0.972. The number of methoxy groups -OCH3 is 1.